The molecule has 1 nitrogen and oxygen atoms in total. The lowest BCUT2D eigenvalue weighted by atomic mass is 9.71. The zero-order chi connectivity index (χ0) is 23.9. The average Bonchev–Trinajstić information content (AvgIpc) is 3.38. The van der Waals surface area contributed by atoms with E-state index >= 15 is 0 Å². The molecule has 1 unspecified atom stereocenters. The number of aryl methyl sites for hydroxylation is 2. The molecule has 2 saturated carbocycles. The van der Waals surface area contributed by atoms with Gasteiger partial charge in [-0.1, -0.05) is 70.8 Å². The van der Waals surface area contributed by atoms with Crippen LogP contribution < -0.4 is 4.74 Å². The Morgan fingerprint density at radius 3 is 2.29 bits per heavy atom. The second-order valence-electron chi connectivity index (χ2n) is 11.6. The van der Waals surface area contributed by atoms with Gasteiger partial charge < -0.3 is 4.74 Å². The van der Waals surface area contributed by atoms with Gasteiger partial charge in [-0.2, -0.15) is 4.39 Å². The lowest BCUT2D eigenvalue weighted by Crippen LogP contribution is -2.24. The van der Waals surface area contributed by atoms with Gasteiger partial charge in [-0.15, -0.1) is 0 Å². The van der Waals surface area contributed by atoms with Crippen molar-refractivity contribution in [1.29, 1.82) is 0 Å². The second-order valence-corrected chi connectivity index (χ2v) is 11.6. The summed E-state index contributed by atoms with van der Waals surface area (Å²) in [6.07, 6.45) is 22.1. The molecule has 190 valence electrons. The lowest BCUT2D eigenvalue weighted by molar-refractivity contribution is 0.183. The van der Waals surface area contributed by atoms with Gasteiger partial charge in [0.15, 0.2) is 11.6 Å². The van der Waals surface area contributed by atoms with Gasteiger partial charge in [0.25, 0.3) is 0 Å². The summed E-state index contributed by atoms with van der Waals surface area (Å²) in [6, 6.07) is 1.81. The number of ether oxygens (including phenoxy) is 1. The van der Waals surface area contributed by atoms with Gasteiger partial charge >= 0.3 is 0 Å². The van der Waals surface area contributed by atoms with Gasteiger partial charge in [-0.3, -0.25) is 0 Å². The van der Waals surface area contributed by atoms with Crippen molar-refractivity contribution in [2.24, 2.45) is 23.7 Å². The molecule has 0 radical (unpaired) electrons. The summed E-state index contributed by atoms with van der Waals surface area (Å²) in [6.45, 7) is 4.52. The van der Waals surface area contributed by atoms with E-state index in [0.717, 1.165) is 42.6 Å². The largest absolute Gasteiger partial charge is 0.486 e. The first-order valence-electron chi connectivity index (χ1n) is 14.3. The first kappa shape index (κ1) is 25.7. The summed E-state index contributed by atoms with van der Waals surface area (Å²) < 4.78 is 35.5. The van der Waals surface area contributed by atoms with Crippen molar-refractivity contribution in [3.8, 4) is 5.75 Å². The van der Waals surface area contributed by atoms with Crippen LogP contribution in [0.5, 0.6) is 5.75 Å². The van der Waals surface area contributed by atoms with E-state index in [1.807, 2.05) is 13.0 Å². The topological polar surface area (TPSA) is 9.23 Å². The molecule has 0 saturated heterocycles. The highest BCUT2D eigenvalue weighted by Gasteiger charge is 2.29. The molecule has 0 heterocycles. The van der Waals surface area contributed by atoms with E-state index in [4.69, 9.17) is 4.74 Å². The Hall–Kier alpha value is -1.38. The van der Waals surface area contributed by atoms with E-state index in [9.17, 15) is 8.78 Å². The van der Waals surface area contributed by atoms with E-state index in [-0.39, 0.29) is 5.75 Å². The van der Waals surface area contributed by atoms with Gasteiger partial charge in [-0.05, 0) is 98.3 Å². The van der Waals surface area contributed by atoms with Gasteiger partial charge in [-0.25, -0.2) is 4.39 Å². The summed E-state index contributed by atoms with van der Waals surface area (Å²) in [7, 11) is 0. The van der Waals surface area contributed by atoms with Crippen molar-refractivity contribution in [2.75, 3.05) is 6.61 Å². The van der Waals surface area contributed by atoms with E-state index in [2.05, 4.69) is 13.0 Å². The third-order valence-corrected chi connectivity index (χ3v) is 9.19. The standard InChI is InChI=1S/C31H46F2O/c1-3-4-7-24-10-15-26(16-11-24)27-17-13-25(14-18-27)21-34-31-22(2)20-28(29(32)30(31)33)19-12-23-8-5-6-9-23/h13,20,23-24,26-27H,3-12,14-19,21H2,1-2H3. The SMILES string of the molecule is CCCCC1CCC(C2CC=C(COc3c(C)cc(CCC4CCCC4)c(F)c3F)CC2)CC1. The Kier molecular flexibility index (Phi) is 9.48. The molecule has 0 amide bonds. The maximum Gasteiger partial charge on any atom is 0.201 e. The fourth-order valence-corrected chi connectivity index (χ4v) is 6.90. The van der Waals surface area contributed by atoms with E-state index in [0.29, 0.717) is 24.5 Å². The van der Waals surface area contributed by atoms with Gasteiger partial charge in [0.2, 0.25) is 5.82 Å². The number of halogens is 2. The molecule has 0 aromatic heterocycles. The Balaban J connectivity index is 1.26. The molecule has 1 aromatic carbocycles. The maximum atomic E-state index is 14.9. The molecular formula is C31H46F2O. The van der Waals surface area contributed by atoms with Crippen molar-refractivity contribution >= 4 is 0 Å². The normalized spacial score (nSPS) is 26.0. The summed E-state index contributed by atoms with van der Waals surface area (Å²) in [4.78, 5) is 0. The van der Waals surface area contributed by atoms with Crippen LogP contribution in [0.15, 0.2) is 17.7 Å². The van der Waals surface area contributed by atoms with Crippen LogP contribution in [0.3, 0.4) is 0 Å². The van der Waals surface area contributed by atoms with Gasteiger partial charge in [0.1, 0.15) is 6.61 Å². The van der Waals surface area contributed by atoms with Crippen molar-refractivity contribution in [3.05, 3.63) is 40.5 Å². The number of benzene rings is 1. The number of hydrogen-bond donors (Lipinski definition) is 0. The number of unbranched alkanes of at least 4 members (excludes halogenated alkanes) is 1. The molecule has 1 atom stereocenters. The van der Waals surface area contributed by atoms with Crippen LogP contribution in [-0.4, -0.2) is 6.61 Å². The zero-order valence-corrected chi connectivity index (χ0v) is 21.6. The minimum absolute atomic E-state index is 0.107. The summed E-state index contributed by atoms with van der Waals surface area (Å²) >= 11 is 0. The lowest BCUT2D eigenvalue weighted by Gasteiger charge is -2.35. The summed E-state index contributed by atoms with van der Waals surface area (Å²) in [5.74, 6) is 1.92. The minimum Gasteiger partial charge on any atom is -0.486 e. The fraction of sp³-hybridized carbons (Fsp3) is 0.742. The molecular weight excluding hydrogens is 426 g/mol. The van der Waals surface area contributed by atoms with Crippen LogP contribution >= 0.6 is 0 Å². The van der Waals surface area contributed by atoms with Crippen LogP contribution in [0.1, 0.15) is 114 Å². The zero-order valence-electron chi connectivity index (χ0n) is 21.6. The Bertz CT molecular complexity index is 815. The highest BCUT2D eigenvalue weighted by Crippen LogP contribution is 2.41. The first-order chi connectivity index (χ1) is 16.5. The van der Waals surface area contributed by atoms with Crippen molar-refractivity contribution in [2.45, 2.75) is 117 Å². The van der Waals surface area contributed by atoms with Crippen LogP contribution in [0.2, 0.25) is 0 Å². The molecule has 0 aliphatic heterocycles. The molecule has 3 aliphatic carbocycles. The highest BCUT2D eigenvalue weighted by atomic mass is 19.2. The summed E-state index contributed by atoms with van der Waals surface area (Å²) in [5.41, 5.74) is 2.48. The van der Waals surface area contributed by atoms with Crippen molar-refractivity contribution in [3.63, 3.8) is 0 Å². The fourth-order valence-electron chi connectivity index (χ4n) is 6.90. The smallest absolute Gasteiger partial charge is 0.201 e. The molecule has 2 fully saturated rings. The number of allylic oxidation sites excluding steroid dienone is 1. The Labute approximate surface area is 206 Å². The highest BCUT2D eigenvalue weighted by molar-refractivity contribution is 5.39. The van der Waals surface area contributed by atoms with Crippen molar-refractivity contribution < 1.29 is 13.5 Å². The molecule has 0 bridgehead atoms. The van der Waals surface area contributed by atoms with Crippen LogP contribution in [0.4, 0.5) is 8.78 Å². The predicted molar refractivity (Wildman–Crippen MR) is 137 cm³/mol. The third kappa shape index (κ3) is 6.64. The van der Waals surface area contributed by atoms with E-state index < -0.39 is 11.6 Å². The van der Waals surface area contributed by atoms with E-state index in [1.165, 1.54) is 82.6 Å². The van der Waals surface area contributed by atoms with Crippen LogP contribution in [0, 0.1) is 42.2 Å². The molecule has 3 heteroatoms. The van der Waals surface area contributed by atoms with Crippen LogP contribution in [0.25, 0.3) is 0 Å². The molecule has 4 rings (SSSR count). The maximum absolute atomic E-state index is 14.9. The minimum atomic E-state index is -0.796. The monoisotopic (exact) mass is 472 g/mol. The average molecular weight is 473 g/mol. The molecule has 3 aliphatic rings. The number of rotatable bonds is 10. The quantitative estimate of drug-likeness (QED) is 0.308. The van der Waals surface area contributed by atoms with E-state index in [1.54, 1.807) is 0 Å². The molecule has 0 spiro atoms. The first-order valence-corrected chi connectivity index (χ1v) is 14.3. The third-order valence-electron chi connectivity index (χ3n) is 9.19. The van der Waals surface area contributed by atoms with Gasteiger partial charge in [0, 0.05) is 0 Å². The van der Waals surface area contributed by atoms with Gasteiger partial charge in [0.05, 0.1) is 0 Å². The Morgan fingerprint density at radius 2 is 1.62 bits per heavy atom. The van der Waals surface area contributed by atoms with Crippen molar-refractivity contribution in [1.82, 2.24) is 0 Å². The summed E-state index contributed by atoms with van der Waals surface area (Å²) in [5, 5.41) is 0. The number of hydrogen-bond acceptors (Lipinski definition) is 1. The second kappa shape index (κ2) is 12.5. The molecule has 1 aromatic rings. The molecule has 34 heavy (non-hydrogen) atoms. The molecule has 0 N–H and O–H groups in total. The predicted octanol–water partition coefficient (Wildman–Crippen LogP) is 9.50. The van der Waals surface area contributed by atoms with Crippen LogP contribution in [-0.2, 0) is 6.42 Å². The Morgan fingerprint density at radius 1 is 0.882 bits per heavy atom.